The lowest BCUT2D eigenvalue weighted by molar-refractivity contribution is 0.102. The maximum atomic E-state index is 12.4. The lowest BCUT2D eigenvalue weighted by Gasteiger charge is -2.28. The highest BCUT2D eigenvalue weighted by molar-refractivity contribution is 6.04. The third kappa shape index (κ3) is 3.57. The fourth-order valence-electron chi connectivity index (χ4n) is 2.90. The molecule has 1 fully saturated rings. The number of hydrogen-bond donors (Lipinski definition) is 2. The van der Waals surface area contributed by atoms with Gasteiger partial charge in [-0.1, -0.05) is 0 Å². The van der Waals surface area contributed by atoms with E-state index in [0.29, 0.717) is 11.4 Å². The number of aromatic nitrogens is 3. The number of nitrogens with one attached hydrogen (secondary N) is 2. The van der Waals surface area contributed by atoms with Crippen molar-refractivity contribution < 1.29 is 9.53 Å². The van der Waals surface area contributed by atoms with Crippen LogP contribution in [0.3, 0.4) is 0 Å². The molecule has 0 aliphatic carbocycles. The summed E-state index contributed by atoms with van der Waals surface area (Å²) in [6, 6.07) is 13.1. The molecule has 7 nitrogen and oxygen atoms in total. The lowest BCUT2D eigenvalue weighted by atomic mass is 10.1. The summed E-state index contributed by atoms with van der Waals surface area (Å²) in [6.45, 7) is 3.22. The molecular formula is C19H19N5O2. The van der Waals surface area contributed by atoms with E-state index in [9.17, 15) is 4.79 Å². The van der Waals surface area contributed by atoms with Crippen molar-refractivity contribution in [2.45, 2.75) is 0 Å². The average molecular weight is 349 g/mol. The molecule has 0 saturated carbocycles. The number of ether oxygens (including phenoxy) is 1. The number of amides is 1. The van der Waals surface area contributed by atoms with Crippen molar-refractivity contribution in [2.75, 3.05) is 36.5 Å². The zero-order valence-corrected chi connectivity index (χ0v) is 14.2. The van der Waals surface area contributed by atoms with E-state index in [1.807, 2.05) is 36.4 Å². The minimum absolute atomic E-state index is 0.189. The predicted octanol–water partition coefficient (Wildman–Crippen LogP) is 2.56. The molecule has 1 aliphatic rings. The van der Waals surface area contributed by atoms with Gasteiger partial charge in [0.25, 0.3) is 5.91 Å². The molecule has 132 valence electrons. The van der Waals surface area contributed by atoms with Gasteiger partial charge in [0.2, 0.25) is 0 Å². The molecule has 2 N–H and O–H groups in total. The Morgan fingerprint density at radius 2 is 1.81 bits per heavy atom. The molecule has 2 aromatic heterocycles. The highest BCUT2D eigenvalue weighted by Gasteiger charge is 2.13. The molecular weight excluding hydrogens is 330 g/mol. The number of pyridine rings is 1. The number of H-pyrrole nitrogens is 1. The van der Waals surface area contributed by atoms with Gasteiger partial charge >= 0.3 is 0 Å². The van der Waals surface area contributed by atoms with E-state index >= 15 is 0 Å². The van der Waals surface area contributed by atoms with Crippen LogP contribution in [-0.2, 0) is 4.74 Å². The SMILES string of the molecule is O=C(Nc1cc(-c2ccncc2)[nH]n1)c1ccc(N2CCOCC2)cc1. The summed E-state index contributed by atoms with van der Waals surface area (Å²) >= 11 is 0. The summed E-state index contributed by atoms with van der Waals surface area (Å²) in [5.74, 6) is 0.297. The minimum Gasteiger partial charge on any atom is -0.378 e. The number of nitrogens with zero attached hydrogens (tertiary/aromatic N) is 3. The zero-order chi connectivity index (χ0) is 17.8. The van der Waals surface area contributed by atoms with Gasteiger partial charge in [-0.25, -0.2) is 0 Å². The fourth-order valence-corrected chi connectivity index (χ4v) is 2.90. The number of hydrogen-bond acceptors (Lipinski definition) is 5. The molecule has 1 amide bonds. The lowest BCUT2D eigenvalue weighted by Crippen LogP contribution is -2.36. The van der Waals surface area contributed by atoms with Gasteiger partial charge in [-0.15, -0.1) is 0 Å². The van der Waals surface area contributed by atoms with Crippen molar-refractivity contribution in [2.24, 2.45) is 0 Å². The maximum Gasteiger partial charge on any atom is 0.256 e. The van der Waals surface area contributed by atoms with Crippen molar-refractivity contribution in [3.05, 3.63) is 60.4 Å². The topological polar surface area (TPSA) is 83.1 Å². The Morgan fingerprint density at radius 3 is 2.54 bits per heavy atom. The van der Waals surface area contributed by atoms with Gasteiger partial charge in [0.15, 0.2) is 5.82 Å². The van der Waals surface area contributed by atoms with Crippen molar-refractivity contribution in [1.82, 2.24) is 15.2 Å². The average Bonchev–Trinajstić information content (AvgIpc) is 3.18. The van der Waals surface area contributed by atoms with Crippen LogP contribution >= 0.6 is 0 Å². The molecule has 0 radical (unpaired) electrons. The third-order valence-corrected chi connectivity index (χ3v) is 4.32. The molecule has 1 saturated heterocycles. The van der Waals surface area contributed by atoms with E-state index < -0.39 is 0 Å². The summed E-state index contributed by atoms with van der Waals surface area (Å²) in [6.07, 6.45) is 3.43. The van der Waals surface area contributed by atoms with Gasteiger partial charge in [0.1, 0.15) is 0 Å². The van der Waals surface area contributed by atoms with E-state index in [-0.39, 0.29) is 5.91 Å². The van der Waals surface area contributed by atoms with Crippen LogP contribution < -0.4 is 10.2 Å². The third-order valence-electron chi connectivity index (χ3n) is 4.32. The Bertz CT molecular complexity index is 870. The summed E-state index contributed by atoms with van der Waals surface area (Å²) in [5, 5.41) is 9.89. The Labute approximate surface area is 151 Å². The van der Waals surface area contributed by atoms with Crippen molar-refractivity contribution in [3.63, 3.8) is 0 Å². The molecule has 1 aliphatic heterocycles. The Morgan fingerprint density at radius 1 is 1.08 bits per heavy atom. The summed E-state index contributed by atoms with van der Waals surface area (Å²) in [7, 11) is 0. The van der Waals surface area contributed by atoms with Crippen molar-refractivity contribution in [1.29, 1.82) is 0 Å². The van der Waals surface area contributed by atoms with Gasteiger partial charge in [0.05, 0.1) is 18.9 Å². The Balaban J connectivity index is 1.42. The molecule has 7 heteroatoms. The quantitative estimate of drug-likeness (QED) is 0.756. The van der Waals surface area contributed by atoms with Crippen LogP contribution in [0.25, 0.3) is 11.3 Å². The number of benzene rings is 1. The van der Waals surface area contributed by atoms with E-state index in [2.05, 4.69) is 25.4 Å². The molecule has 0 unspecified atom stereocenters. The smallest absolute Gasteiger partial charge is 0.256 e. The van der Waals surface area contributed by atoms with Gasteiger partial charge < -0.3 is 15.0 Å². The molecule has 0 spiro atoms. The molecule has 26 heavy (non-hydrogen) atoms. The van der Waals surface area contributed by atoms with Crippen LogP contribution in [-0.4, -0.2) is 47.4 Å². The first-order valence-corrected chi connectivity index (χ1v) is 8.49. The number of morpholine rings is 1. The van der Waals surface area contributed by atoms with E-state index in [0.717, 1.165) is 43.2 Å². The van der Waals surface area contributed by atoms with Crippen LogP contribution in [0.1, 0.15) is 10.4 Å². The fraction of sp³-hybridized carbons (Fsp3) is 0.211. The predicted molar refractivity (Wildman–Crippen MR) is 99.2 cm³/mol. The number of anilines is 2. The maximum absolute atomic E-state index is 12.4. The van der Waals surface area contributed by atoms with Gasteiger partial charge in [-0.3, -0.25) is 14.9 Å². The van der Waals surface area contributed by atoms with E-state index in [4.69, 9.17) is 4.74 Å². The Hall–Kier alpha value is -3.19. The van der Waals surface area contributed by atoms with Crippen LogP contribution in [0, 0.1) is 0 Å². The molecule has 3 aromatic rings. The van der Waals surface area contributed by atoms with E-state index in [1.165, 1.54) is 0 Å². The van der Waals surface area contributed by atoms with Crippen LogP contribution in [0.5, 0.6) is 0 Å². The number of carbonyl (C=O) groups is 1. The highest BCUT2D eigenvalue weighted by Crippen LogP contribution is 2.20. The number of carbonyl (C=O) groups excluding carboxylic acids is 1. The van der Waals surface area contributed by atoms with Crippen LogP contribution in [0.15, 0.2) is 54.9 Å². The van der Waals surface area contributed by atoms with E-state index in [1.54, 1.807) is 18.5 Å². The largest absolute Gasteiger partial charge is 0.378 e. The standard InChI is InChI=1S/C19H19N5O2/c25-19(15-1-3-16(4-2-15)24-9-11-26-12-10-24)21-18-13-17(22-23-18)14-5-7-20-8-6-14/h1-8,13H,9-12H2,(H2,21,22,23,25). The Kier molecular flexibility index (Phi) is 4.61. The molecule has 3 heterocycles. The second-order valence-corrected chi connectivity index (χ2v) is 6.00. The number of rotatable bonds is 4. The normalized spacial score (nSPS) is 14.2. The van der Waals surface area contributed by atoms with Crippen LogP contribution in [0.2, 0.25) is 0 Å². The van der Waals surface area contributed by atoms with Crippen molar-refractivity contribution >= 4 is 17.4 Å². The first-order chi connectivity index (χ1) is 12.8. The highest BCUT2D eigenvalue weighted by atomic mass is 16.5. The van der Waals surface area contributed by atoms with Gasteiger partial charge in [-0.05, 0) is 36.4 Å². The van der Waals surface area contributed by atoms with Gasteiger partial charge in [-0.2, -0.15) is 5.10 Å². The second-order valence-electron chi connectivity index (χ2n) is 6.00. The monoisotopic (exact) mass is 349 g/mol. The first-order valence-electron chi connectivity index (χ1n) is 8.49. The molecule has 4 rings (SSSR count). The molecule has 1 aromatic carbocycles. The number of aromatic amines is 1. The van der Waals surface area contributed by atoms with Crippen molar-refractivity contribution in [3.8, 4) is 11.3 Å². The molecule has 0 bridgehead atoms. The molecule has 0 atom stereocenters. The zero-order valence-electron chi connectivity index (χ0n) is 14.2. The van der Waals surface area contributed by atoms with Gasteiger partial charge in [0, 0.05) is 48.4 Å². The second kappa shape index (κ2) is 7.37. The van der Waals surface area contributed by atoms with Crippen LogP contribution in [0.4, 0.5) is 11.5 Å². The summed E-state index contributed by atoms with van der Waals surface area (Å²) in [4.78, 5) is 18.7. The first kappa shape index (κ1) is 16.3. The summed E-state index contributed by atoms with van der Waals surface area (Å²) < 4.78 is 5.36. The minimum atomic E-state index is -0.189. The summed E-state index contributed by atoms with van der Waals surface area (Å²) in [5.41, 5.74) is 3.48.